The molecular weight excluding hydrogens is 314 g/mol. The zero-order valence-corrected chi connectivity index (χ0v) is 14.3. The van der Waals surface area contributed by atoms with Crippen molar-refractivity contribution >= 4 is 11.6 Å². The monoisotopic (exact) mass is 335 g/mol. The number of fused-ring (bicyclic) bond motifs is 2. The number of anilines is 1. The van der Waals surface area contributed by atoms with E-state index in [1.165, 1.54) is 5.69 Å². The summed E-state index contributed by atoms with van der Waals surface area (Å²) in [6, 6.07) is 12.2. The highest BCUT2D eigenvalue weighted by molar-refractivity contribution is 6.07. The number of carbonyl (C=O) groups excluding carboxylic acids is 1. The highest BCUT2D eigenvalue weighted by Gasteiger charge is 2.57. The second-order valence-electron chi connectivity index (χ2n) is 6.78. The quantitative estimate of drug-likeness (QED) is 0.924. The third-order valence-electron chi connectivity index (χ3n) is 5.51. The Labute approximate surface area is 147 Å². The number of carbonyl (C=O) groups is 1. The highest BCUT2D eigenvalue weighted by atomic mass is 16.2. The van der Waals surface area contributed by atoms with Crippen LogP contribution in [0.5, 0.6) is 0 Å². The van der Waals surface area contributed by atoms with Crippen LogP contribution in [0.4, 0.5) is 5.69 Å². The lowest BCUT2D eigenvalue weighted by Gasteiger charge is -2.24. The second-order valence-corrected chi connectivity index (χ2v) is 6.78. The molecule has 0 saturated carbocycles. The van der Waals surface area contributed by atoms with Crippen molar-refractivity contribution in [3.8, 4) is 6.07 Å². The summed E-state index contributed by atoms with van der Waals surface area (Å²) in [5, 5.41) is 17.0. The summed E-state index contributed by atoms with van der Waals surface area (Å²) in [4.78, 5) is 15.0. The predicted octanol–water partition coefficient (Wildman–Crippen LogP) is 1.79. The zero-order valence-electron chi connectivity index (χ0n) is 14.3. The van der Waals surface area contributed by atoms with E-state index in [1.54, 1.807) is 0 Å². The average Bonchev–Trinajstić information content (AvgIpc) is 3.31. The Balaban J connectivity index is 1.57. The highest BCUT2D eigenvalue weighted by Crippen LogP contribution is 2.47. The number of rotatable bonds is 4. The first-order valence-electron chi connectivity index (χ1n) is 8.72. The minimum atomic E-state index is -0.740. The Morgan fingerprint density at radius 3 is 3.04 bits per heavy atom. The van der Waals surface area contributed by atoms with Crippen molar-refractivity contribution in [2.75, 3.05) is 25.0 Å². The molecule has 0 unspecified atom stereocenters. The fourth-order valence-electron chi connectivity index (χ4n) is 4.23. The number of aryl methyl sites for hydroxylation is 1. The molecule has 4 rings (SSSR count). The molecule has 2 aliphatic heterocycles. The van der Waals surface area contributed by atoms with Crippen molar-refractivity contribution in [2.45, 2.75) is 25.3 Å². The molecule has 25 heavy (non-hydrogen) atoms. The van der Waals surface area contributed by atoms with Crippen LogP contribution in [0.1, 0.15) is 18.2 Å². The number of benzene rings is 1. The molecule has 2 aromatic rings. The number of nitriles is 1. The molecule has 1 amide bonds. The molecule has 1 fully saturated rings. The maximum absolute atomic E-state index is 12.8. The van der Waals surface area contributed by atoms with Gasteiger partial charge in [-0.05, 0) is 24.6 Å². The van der Waals surface area contributed by atoms with Crippen LogP contribution in [-0.4, -0.2) is 40.2 Å². The number of para-hydroxylation sites is 1. The number of nitrogens with zero attached hydrogens (tertiary/aromatic N) is 4. The largest absolute Gasteiger partial charge is 0.325 e. The molecule has 3 heterocycles. The van der Waals surface area contributed by atoms with Crippen molar-refractivity contribution in [2.24, 2.45) is 5.92 Å². The van der Waals surface area contributed by atoms with Crippen molar-refractivity contribution in [1.29, 1.82) is 5.26 Å². The summed E-state index contributed by atoms with van der Waals surface area (Å²) < 4.78 is 1.99. The Hall–Kier alpha value is -2.65. The Morgan fingerprint density at radius 1 is 1.40 bits per heavy atom. The van der Waals surface area contributed by atoms with E-state index in [2.05, 4.69) is 28.3 Å². The Morgan fingerprint density at radius 2 is 2.24 bits per heavy atom. The van der Waals surface area contributed by atoms with Crippen LogP contribution < -0.4 is 5.32 Å². The molecule has 2 atom stereocenters. The summed E-state index contributed by atoms with van der Waals surface area (Å²) in [6.45, 7) is 4.96. The summed E-state index contributed by atoms with van der Waals surface area (Å²) in [5.74, 6) is -0.367. The summed E-state index contributed by atoms with van der Waals surface area (Å²) >= 11 is 0. The molecule has 128 valence electrons. The van der Waals surface area contributed by atoms with Crippen LogP contribution in [0.2, 0.25) is 0 Å². The first kappa shape index (κ1) is 15.9. The van der Waals surface area contributed by atoms with Gasteiger partial charge in [-0.25, -0.2) is 0 Å². The minimum absolute atomic E-state index is 0.0404. The summed E-state index contributed by atoms with van der Waals surface area (Å²) in [7, 11) is 0. The van der Waals surface area contributed by atoms with Gasteiger partial charge in [-0.1, -0.05) is 18.2 Å². The van der Waals surface area contributed by atoms with Gasteiger partial charge in [0, 0.05) is 50.2 Å². The van der Waals surface area contributed by atoms with Crippen molar-refractivity contribution in [3.05, 3.63) is 47.8 Å². The molecule has 1 saturated heterocycles. The third kappa shape index (κ3) is 2.35. The molecule has 1 aromatic heterocycles. The zero-order chi connectivity index (χ0) is 17.4. The Bertz CT molecular complexity index is 851. The number of hydrogen-bond acceptors (Lipinski definition) is 4. The summed E-state index contributed by atoms with van der Waals surface area (Å²) in [6.07, 6.45) is 2.69. The molecule has 1 N–H and O–H groups in total. The number of hydrogen-bond donors (Lipinski definition) is 1. The molecule has 6 nitrogen and oxygen atoms in total. The van der Waals surface area contributed by atoms with E-state index in [9.17, 15) is 10.1 Å². The number of aromatic nitrogens is 2. The predicted molar refractivity (Wildman–Crippen MR) is 93.9 cm³/mol. The van der Waals surface area contributed by atoms with Gasteiger partial charge in [-0.2, -0.15) is 10.4 Å². The molecule has 0 radical (unpaired) electrons. The first-order valence-corrected chi connectivity index (χ1v) is 8.72. The van der Waals surface area contributed by atoms with Gasteiger partial charge in [0.25, 0.3) is 0 Å². The maximum atomic E-state index is 12.8. The lowest BCUT2D eigenvalue weighted by atomic mass is 9.74. The fourth-order valence-corrected chi connectivity index (χ4v) is 4.23. The molecule has 2 aliphatic rings. The molecular formula is C19H21N5O. The van der Waals surface area contributed by atoms with E-state index in [-0.39, 0.29) is 11.8 Å². The first-order chi connectivity index (χ1) is 12.2. The molecule has 1 spiro atoms. The lowest BCUT2D eigenvalue weighted by Crippen LogP contribution is -2.42. The third-order valence-corrected chi connectivity index (χ3v) is 5.51. The number of nitrogens with one attached hydrogen (secondary N) is 1. The second kappa shape index (κ2) is 6.01. The molecule has 0 bridgehead atoms. The van der Waals surface area contributed by atoms with Crippen LogP contribution in [0.3, 0.4) is 0 Å². The number of amides is 1. The van der Waals surface area contributed by atoms with Crippen LogP contribution in [0.25, 0.3) is 0 Å². The Kier molecular flexibility index (Phi) is 3.81. The van der Waals surface area contributed by atoms with E-state index in [0.717, 1.165) is 30.8 Å². The van der Waals surface area contributed by atoms with Crippen LogP contribution in [0, 0.1) is 17.2 Å². The minimum Gasteiger partial charge on any atom is -0.325 e. The van der Waals surface area contributed by atoms with Gasteiger partial charge in [0.1, 0.15) is 5.41 Å². The lowest BCUT2D eigenvalue weighted by molar-refractivity contribution is -0.121. The maximum Gasteiger partial charge on any atom is 0.237 e. The van der Waals surface area contributed by atoms with E-state index in [0.29, 0.717) is 13.1 Å². The van der Waals surface area contributed by atoms with Gasteiger partial charge in [0.15, 0.2) is 0 Å². The molecule has 6 heteroatoms. The SMILES string of the molecule is CCn1nccc1CCN1C[C@@H](C#N)[C@@]2(C1)C(=O)Nc1ccccc12. The average molecular weight is 335 g/mol. The van der Waals surface area contributed by atoms with Gasteiger partial charge >= 0.3 is 0 Å². The van der Waals surface area contributed by atoms with Gasteiger partial charge in [0.05, 0.1) is 12.0 Å². The van der Waals surface area contributed by atoms with Gasteiger partial charge in [-0.15, -0.1) is 0 Å². The van der Waals surface area contributed by atoms with E-state index in [1.807, 2.05) is 41.2 Å². The normalized spacial score (nSPS) is 25.1. The van der Waals surface area contributed by atoms with Gasteiger partial charge in [0.2, 0.25) is 5.91 Å². The van der Waals surface area contributed by atoms with E-state index >= 15 is 0 Å². The fraction of sp³-hybridized carbons (Fsp3) is 0.421. The molecule has 1 aromatic carbocycles. The van der Waals surface area contributed by atoms with E-state index in [4.69, 9.17) is 0 Å². The van der Waals surface area contributed by atoms with Gasteiger partial charge in [-0.3, -0.25) is 9.48 Å². The van der Waals surface area contributed by atoms with Crippen LogP contribution in [-0.2, 0) is 23.2 Å². The van der Waals surface area contributed by atoms with Gasteiger partial charge < -0.3 is 10.2 Å². The van der Waals surface area contributed by atoms with Crippen LogP contribution in [0.15, 0.2) is 36.5 Å². The van der Waals surface area contributed by atoms with Crippen molar-refractivity contribution in [1.82, 2.24) is 14.7 Å². The van der Waals surface area contributed by atoms with Crippen molar-refractivity contribution in [3.63, 3.8) is 0 Å². The molecule has 0 aliphatic carbocycles. The van der Waals surface area contributed by atoms with Crippen molar-refractivity contribution < 1.29 is 4.79 Å². The topological polar surface area (TPSA) is 74.0 Å². The standard InChI is InChI=1S/C19H21N5O/c1-2-24-15(7-9-21-24)8-10-23-12-14(11-20)19(13-23)16-5-3-4-6-17(16)22-18(19)25/h3-7,9,14H,2,8,10,12-13H2,1H3,(H,22,25)/t14-,19-/m1/s1. The smallest absolute Gasteiger partial charge is 0.237 e. The van der Waals surface area contributed by atoms with Crippen LogP contribution >= 0.6 is 0 Å². The number of likely N-dealkylation sites (tertiary alicyclic amines) is 1. The van der Waals surface area contributed by atoms with E-state index < -0.39 is 5.41 Å². The summed E-state index contributed by atoms with van der Waals surface area (Å²) in [5.41, 5.74) is 2.26.